The van der Waals surface area contributed by atoms with Crippen molar-refractivity contribution in [2.24, 2.45) is 11.8 Å². The minimum atomic E-state index is -0.373. The second-order valence-corrected chi connectivity index (χ2v) is 5.13. The zero-order valence-corrected chi connectivity index (χ0v) is 10.2. The van der Waals surface area contributed by atoms with Crippen molar-refractivity contribution < 1.29 is 9.84 Å². The van der Waals surface area contributed by atoms with Gasteiger partial charge in [0, 0.05) is 19.7 Å². The van der Waals surface area contributed by atoms with E-state index in [-0.39, 0.29) is 6.10 Å². The first-order valence-electron chi connectivity index (χ1n) is 6.02. The summed E-state index contributed by atoms with van der Waals surface area (Å²) in [6.07, 6.45) is 3.45. The third kappa shape index (κ3) is 4.96. The second-order valence-electron chi connectivity index (χ2n) is 5.13. The molecule has 1 aliphatic carbocycles. The molecular weight excluding hydrogens is 190 g/mol. The highest BCUT2D eigenvalue weighted by molar-refractivity contribution is 4.80. The summed E-state index contributed by atoms with van der Waals surface area (Å²) >= 11 is 0. The fourth-order valence-corrected chi connectivity index (χ4v) is 2.67. The van der Waals surface area contributed by atoms with E-state index in [1.807, 2.05) is 0 Å². The Balaban J connectivity index is 2.20. The molecule has 0 aromatic carbocycles. The summed E-state index contributed by atoms with van der Waals surface area (Å²) in [6.45, 7) is 5.70. The van der Waals surface area contributed by atoms with Crippen LogP contribution in [-0.2, 0) is 4.74 Å². The standard InChI is InChI=1S/C12H25NO2/c1-9-4-10(2)6-11(5-9)13-7-12(14)8-15-3/h9-14H,4-8H2,1-3H3. The minimum Gasteiger partial charge on any atom is -0.389 e. The maximum absolute atomic E-state index is 9.52. The summed E-state index contributed by atoms with van der Waals surface area (Å²) in [5.41, 5.74) is 0. The molecule has 0 aromatic heterocycles. The molecule has 0 radical (unpaired) electrons. The zero-order valence-electron chi connectivity index (χ0n) is 10.2. The van der Waals surface area contributed by atoms with Gasteiger partial charge in [-0.1, -0.05) is 13.8 Å². The van der Waals surface area contributed by atoms with Gasteiger partial charge in [0.1, 0.15) is 0 Å². The number of hydrogen-bond acceptors (Lipinski definition) is 3. The molecule has 0 amide bonds. The van der Waals surface area contributed by atoms with Crippen LogP contribution in [0.1, 0.15) is 33.1 Å². The molecule has 3 heteroatoms. The summed E-state index contributed by atoms with van der Waals surface area (Å²) in [7, 11) is 1.62. The van der Waals surface area contributed by atoms with Gasteiger partial charge < -0.3 is 15.2 Å². The number of aliphatic hydroxyl groups excluding tert-OH is 1. The van der Waals surface area contributed by atoms with Crippen LogP contribution in [0.4, 0.5) is 0 Å². The molecule has 3 atom stereocenters. The van der Waals surface area contributed by atoms with Crippen LogP contribution in [0.15, 0.2) is 0 Å². The SMILES string of the molecule is COCC(O)CNC1CC(C)CC(C)C1. The van der Waals surface area contributed by atoms with Crippen LogP contribution in [0, 0.1) is 11.8 Å². The van der Waals surface area contributed by atoms with Gasteiger partial charge in [0.25, 0.3) is 0 Å². The highest BCUT2D eigenvalue weighted by atomic mass is 16.5. The highest BCUT2D eigenvalue weighted by Gasteiger charge is 2.23. The largest absolute Gasteiger partial charge is 0.389 e. The van der Waals surface area contributed by atoms with Crippen LogP contribution in [0.2, 0.25) is 0 Å². The number of rotatable bonds is 5. The fraction of sp³-hybridized carbons (Fsp3) is 1.00. The van der Waals surface area contributed by atoms with Crippen LogP contribution in [0.3, 0.4) is 0 Å². The Kier molecular flexibility index (Phi) is 5.58. The van der Waals surface area contributed by atoms with Gasteiger partial charge in [-0.3, -0.25) is 0 Å². The number of nitrogens with one attached hydrogen (secondary N) is 1. The van der Waals surface area contributed by atoms with Gasteiger partial charge in [0.2, 0.25) is 0 Å². The van der Waals surface area contributed by atoms with Gasteiger partial charge in [-0.2, -0.15) is 0 Å². The molecular formula is C12H25NO2. The topological polar surface area (TPSA) is 41.5 Å². The summed E-state index contributed by atoms with van der Waals surface area (Å²) in [4.78, 5) is 0. The number of ether oxygens (including phenoxy) is 1. The lowest BCUT2D eigenvalue weighted by atomic mass is 9.80. The molecule has 0 aliphatic heterocycles. The molecule has 0 spiro atoms. The van der Waals surface area contributed by atoms with Crippen molar-refractivity contribution >= 4 is 0 Å². The van der Waals surface area contributed by atoms with Gasteiger partial charge in [-0.05, 0) is 31.1 Å². The molecule has 0 saturated heterocycles. The first kappa shape index (κ1) is 12.9. The Morgan fingerprint density at radius 2 is 1.87 bits per heavy atom. The number of aliphatic hydroxyl groups is 1. The lowest BCUT2D eigenvalue weighted by molar-refractivity contribution is 0.0601. The summed E-state index contributed by atoms with van der Waals surface area (Å²) in [5, 5.41) is 13.0. The van der Waals surface area contributed by atoms with Gasteiger partial charge in [0.15, 0.2) is 0 Å². The monoisotopic (exact) mass is 215 g/mol. The van der Waals surface area contributed by atoms with E-state index < -0.39 is 0 Å². The van der Waals surface area contributed by atoms with Crippen molar-refractivity contribution in [3.63, 3.8) is 0 Å². The summed E-state index contributed by atoms with van der Waals surface area (Å²) in [5.74, 6) is 1.62. The maximum atomic E-state index is 9.52. The van der Waals surface area contributed by atoms with Crippen LogP contribution < -0.4 is 5.32 Å². The molecule has 0 bridgehead atoms. The molecule has 15 heavy (non-hydrogen) atoms. The van der Waals surface area contributed by atoms with Crippen molar-refractivity contribution in [1.82, 2.24) is 5.32 Å². The third-order valence-electron chi connectivity index (χ3n) is 3.18. The molecule has 2 N–H and O–H groups in total. The van der Waals surface area contributed by atoms with Gasteiger partial charge >= 0.3 is 0 Å². The van der Waals surface area contributed by atoms with Crippen molar-refractivity contribution in [3.05, 3.63) is 0 Å². The van der Waals surface area contributed by atoms with Crippen LogP contribution in [-0.4, -0.2) is 37.5 Å². The predicted molar refractivity (Wildman–Crippen MR) is 61.9 cm³/mol. The Hall–Kier alpha value is -0.120. The van der Waals surface area contributed by atoms with E-state index in [0.29, 0.717) is 19.2 Å². The van der Waals surface area contributed by atoms with E-state index in [2.05, 4.69) is 19.2 Å². The number of methoxy groups -OCH3 is 1. The highest BCUT2D eigenvalue weighted by Crippen LogP contribution is 2.28. The van der Waals surface area contributed by atoms with E-state index in [1.165, 1.54) is 19.3 Å². The average Bonchev–Trinajstić information content (AvgIpc) is 2.14. The van der Waals surface area contributed by atoms with Crippen molar-refractivity contribution in [2.45, 2.75) is 45.3 Å². The van der Waals surface area contributed by atoms with Gasteiger partial charge in [0.05, 0.1) is 12.7 Å². The van der Waals surface area contributed by atoms with Crippen LogP contribution in [0.25, 0.3) is 0 Å². The normalized spacial score (nSPS) is 34.0. The van der Waals surface area contributed by atoms with Crippen LogP contribution in [0.5, 0.6) is 0 Å². The van der Waals surface area contributed by atoms with Crippen molar-refractivity contribution in [3.8, 4) is 0 Å². The summed E-state index contributed by atoms with van der Waals surface area (Å²) < 4.78 is 4.90. The molecule has 1 saturated carbocycles. The molecule has 3 nitrogen and oxygen atoms in total. The Labute approximate surface area is 93.2 Å². The molecule has 90 valence electrons. The molecule has 0 aromatic rings. The maximum Gasteiger partial charge on any atom is 0.0897 e. The Morgan fingerprint density at radius 3 is 2.40 bits per heavy atom. The minimum absolute atomic E-state index is 0.373. The van der Waals surface area contributed by atoms with E-state index >= 15 is 0 Å². The van der Waals surface area contributed by atoms with Gasteiger partial charge in [-0.15, -0.1) is 0 Å². The smallest absolute Gasteiger partial charge is 0.0897 e. The first-order chi connectivity index (χ1) is 7.11. The van der Waals surface area contributed by atoms with Crippen molar-refractivity contribution in [1.29, 1.82) is 0 Å². The zero-order chi connectivity index (χ0) is 11.3. The lowest BCUT2D eigenvalue weighted by Gasteiger charge is -2.32. The average molecular weight is 215 g/mol. The molecule has 0 heterocycles. The molecule has 1 aliphatic rings. The van der Waals surface area contributed by atoms with Crippen LogP contribution >= 0.6 is 0 Å². The van der Waals surface area contributed by atoms with E-state index in [0.717, 1.165) is 11.8 Å². The van der Waals surface area contributed by atoms with E-state index in [4.69, 9.17) is 4.74 Å². The lowest BCUT2D eigenvalue weighted by Crippen LogP contribution is -2.41. The Morgan fingerprint density at radius 1 is 1.27 bits per heavy atom. The summed E-state index contributed by atoms with van der Waals surface area (Å²) in [6, 6.07) is 0.579. The van der Waals surface area contributed by atoms with E-state index in [9.17, 15) is 5.11 Å². The second kappa shape index (κ2) is 6.46. The molecule has 1 rings (SSSR count). The quantitative estimate of drug-likeness (QED) is 0.728. The predicted octanol–water partition coefficient (Wildman–Crippen LogP) is 1.41. The number of hydrogen-bond donors (Lipinski definition) is 2. The Bertz CT molecular complexity index is 165. The van der Waals surface area contributed by atoms with E-state index in [1.54, 1.807) is 7.11 Å². The fourth-order valence-electron chi connectivity index (χ4n) is 2.67. The first-order valence-corrected chi connectivity index (χ1v) is 6.02. The van der Waals surface area contributed by atoms with Crippen molar-refractivity contribution in [2.75, 3.05) is 20.3 Å². The van der Waals surface area contributed by atoms with Gasteiger partial charge in [-0.25, -0.2) is 0 Å². The molecule has 3 unspecified atom stereocenters. The molecule has 1 fully saturated rings. The third-order valence-corrected chi connectivity index (χ3v) is 3.18.